The van der Waals surface area contributed by atoms with Crippen molar-refractivity contribution in [1.82, 2.24) is 20.3 Å². The first-order valence-corrected chi connectivity index (χ1v) is 7.10. The zero-order chi connectivity index (χ0) is 12.5. The maximum atomic E-state index is 4.10. The molecular weight excluding hydrogens is 280 g/mol. The summed E-state index contributed by atoms with van der Waals surface area (Å²) in [5, 5.41) is 11.7. The summed E-state index contributed by atoms with van der Waals surface area (Å²) in [6.45, 7) is 2.38. The van der Waals surface area contributed by atoms with Crippen molar-refractivity contribution in [2.45, 2.75) is 45.1 Å². The van der Waals surface area contributed by atoms with Crippen molar-refractivity contribution in [3.8, 4) is 0 Å². The van der Waals surface area contributed by atoms with Gasteiger partial charge in [0.25, 0.3) is 0 Å². The third-order valence-corrected chi connectivity index (χ3v) is 4.65. The van der Waals surface area contributed by atoms with E-state index >= 15 is 0 Å². The lowest BCUT2D eigenvalue weighted by atomic mass is 9.69. The molecule has 4 nitrogen and oxygen atoms in total. The van der Waals surface area contributed by atoms with Gasteiger partial charge in [0.15, 0.2) is 4.60 Å². The predicted molar refractivity (Wildman–Crippen MR) is 71.7 cm³/mol. The summed E-state index contributed by atoms with van der Waals surface area (Å²) in [5.74, 6) is 0. The van der Waals surface area contributed by atoms with E-state index in [9.17, 15) is 0 Å². The highest BCUT2D eigenvalue weighted by Gasteiger charge is 2.38. The molecule has 1 atom stereocenters. The number of nitrogens with zero attached hydrogens (tertiary/aromatic N) is 3. The Balaban J connectivity index is 2.32. The first-order chi connectivity index (χ1) is 8.08. The van der Waals surface area contributed by atoms with Crippen LogP contribution in [0.5, 0.6) is 0 Å². The minimum Gasteiger partial charge on any atom is -0.311 e. The molecule has 1 saturated carbocycles. The lowest BCUT2D eigenvalue weighted by molar-refractivity contribution is 0.144. The van der Waals surface area contributed by atoms with E-state index in [0.717, 1.165) is 10.3 Å². The van der Waals surface area contributed by atoms with Gasteiger partial charge < -0.3 is 5.32 Å². The van der Waals surface area contributed by atoms with Gasteiger partial charge in [-0.3, -0.25) is 0 Å². The maximum absolute atomic E-state index is 4.10. The Morgan fingerprint density at radius 2 is 2.00 bits per heavy atom. The monoisotopic (exact) mass is 300 g/mol. The van der Waals surface area contributed by atoms with Gasteiger partial charge in [-0.2, -0.15) is 0 Å². The third-order valence-electron chi connectivity index (χ3n) is 4.08. The molecule has 1 heterocycles. The molecule has 5 heteroatoms. The molecule has 1 aromatic heterocycles. The number of halogens is 1. The zero-order valence-corrected chi connectivity index (χ0v) is 12.4. The molecule has 0 radical (unpaired) electrons. The van der Waals surface area contributed by atoms with Crippen LogP contribution in [-0.4, -0.2) is 22.0 Å². The number of aryl methyl sites for hydroxylation is 1. The Labute approximate surface area is 111 Å². The van der Waals surface area contributed by atoms with Crippen molar-refractivity contribution < 1.29 is 0 Å². The molecule has 0 bridgehead atoms. The van der Waals surface area contributed by atoms with Crippen molar-refractivity contribution in [3.63, 3.8) is 0 Å². The van der Waals surface area contributed by atoms with Crippen LogP contribution in [0.15, 0.2) is 4.60 Å². The van der Waals surface area contributed by atoms with Crippen molar-refractivity contribution in [3.05, 3.63) is 10.3 Å². The minimum atomic E-state index is 0.311. The Hall–Kier alpha value is -0.420. The van der Waals surface area contributed by atoms with E-state index in [1.54, 1.807) is 0 Å². The summed E-state index contributed by atoms with van der Waals surface area (Å²) >= 11 is 3.51. The van der Waals surface area contributed by atoms with Crippen LogP contribution in [0.3, 0.4) is 0 Å². The second kappa shape index (κ2) is 5.06. The molecule has 1 fully saturated rings. The second-order valence-electron chi connectivity index (χ2n) is 5.33. The van der Waals surface area contributed by atoms with E-state index < -0.39 is 0 Å². The van der Waals surface area contributed by atoms with E-state index in [1.165, 1.54) is 32.1 Å². The van der Waals surface area contributed by atoms with Crippen molar-refractivity contribution >= 4 is 15.9 Å². The Morgan fingerprint density at radius 1 is 1.35 bits per heavy atom. The van der Waals surface area contributed by atoms with Gasteiger partial charge in [0, 0.05) is 7.05 Å². The van der Waals surface area contributed by atoms with Crippen LogP contribution < -0.4 is 5.32 Å². The summed E-state index contributed by atoms with van der Waals surface area (Å²) in [5.41, 5.74) is 1.47. The van der Waals surface area contributed by atoms with E-state index in [4.69, 9.17) is 0 Å². The van der Waals surface area contributed by atoms with E-state index in [1.807, 2.05) is 18.8 Å². The average Bonchev–Trinajstić information content (AvgIpc) is 2.63. The van der Waals surface area contributed by atoms with Crippen molar-refractivity contribution in [2.24, 2.45) is 12.5 Å². The topological polar surface area (TPSA) is 42.7 Å². The molecule has 96 valence electrons. The molecule has 1 N–H and O–H groups in total. The number of rotatable bonds is 3. The second-order valence-corrected chi connectivity index (χ2v) is 6.08. The van der Waals surface area contributed by atoms with Gasteiger partial charge in [-0.15, -0.1) is 5.10 Å². The molecular formula is C12H21BrN4. The van der Waals surface area contributed by atoms with Gasteiger partial charge >= 0.3 is 0 Å². The van der Waals surface area contributed by atoms with Crippen LogP contribution >= 0.6 is 15.9 Å². The van der Waals surface area contributed by atoms with Gasteiger partial charge in [-0.05, 0) is 41.2 Å². The van der Waals surface area contributed by atoms with Gasteiger partial charge in [0.2, 0.25) is 0 Å². The molecule has 17 heavy (non-hydrogen) atoms. The van der Waals surface area contributed by atoms with Crippen LogP contribution in [0, 0.1) is 5.41 Å². The zero-order valence-electron chi connectivity index (χ0n) is 10.8. The lowest BCUT2D eigenvalue weighted by Crippen LogP contribution is -2.37. The smallest absolute Gasteiger partial charge is 0.153 e. The number of hydrogen-bond acceptors (Lipinski definition) is 3. The Morgan fingerprint density at radius 3 is 2.47 bits per heavy atom. The molecule has 0 aromatic carbocycles. The molecule has 1 aliphatic rings. The lowest BCUT2D eigenvalue weighted by Gasteiger charge is -2.40. The van der Waals surface area contributed by atoms with E-state index in [2.05, 4.69) is 38.5 Å². The maximum Gasteiger partial charge on any atom is 0.153 e. The summed E-state index contributed by atoms with van der Waals surface area (Å²) in [4.78, 5) is 0. The molecule has 0 amide bonds. The number of hydrogen-bond donors (Lipinski definition) is 1. The van der Waals surface area contributed by atoms with E-state index in [-0.39, 0.29) is 0 Å². The molecule has 0 aliphatic heterocycles. The van der Waals surface area contributed by atoms with Crippen LogP contribution in [0.2, 0.25) is 0 Å². The Kier molecular flexibility index (Phi) is 3.88. The van der Waals surface area contributed by atoms with E-state index in [0.29, 0.717) is 11.5 Å². The first kappa shape index (κ1) is 13.0. The van der Waals surface area contributed by atoms with Crippen molar-refractivity contribution in [2.75, 3.05) is 7.05 Å². The normalized spacial score (nSPS) is 21.4. The minimum absolute atomic E-state index is 0.311. The fourth-order valence-corrected chi connectivity index (χ4v) is 3.67. The molecule has 0 saturated heterocycles. The summed E-state index contributed by atoms with van der Waals surface area (Å²) in [6, 6.07) is 0.317. The van der Waals surface area contributed by atoms with Gasteiger partial charge in [0.1, 0.15) is 0 Å². The summed E-state index contributed by atoms with van der Waals surface area (Å²) in [7, 11) is 3.99. The highest BCUT2D eigenvalue weighted by atomic mass is 79.9. The fraction of sp³-hybridized carbons (Fsp3) is 0.833. The van der Waals surface area contributed by atoms with Gasteiger partial charge in [-0.1, -0.05) is 31.4 Å². The number of nitrogens with one attached hydrogen (secondary N) is 1. The summed E-state index contributed by atoms with van der Waals surface area (Å²) in [6.07, 6.45) is 6.58. The number of aromatic nitrogens is 3. The highest BCUT2D eigenvalue weighted by Crippen LogP contribution is 2.46. The van der Waals surface area contributed by atoms with Gasteiger partial charge in [0.05, 0.1) is 11.7 Å². The highest BCUT2D eigenvalue weighted by molar-refractivity contribution is 9.10. The average molecular weight is 301 g/mol. The standard InChI is InChI=1S/C12H21BrN4/c1-12(7-5-4-6-8-12)10(14-2)9-11(13)15-16-17(9)3/h10,14H,4-8H2,1-3H3. The molecule has 2 rings (SSSR count). The van der Waals surface area contributed by atoms with Crippen LogP contribution in [-0.2, 0) is 7.05 Å². The quantitative estimate of drug-likeness (QED) is 0.933. The predicted octanol–water partition coefficient (Wildman–Crippen LogP) is 2.81. The van der Waals surface area contributed by atoms with Crippen LogP contribution in [0.4, 0.5) is 0 Å². The third kappa shape index (κ3) is 2.40. The van der Waals surface area contributed by atoms with Crippen LogP contribution in [0.1, 0.15) is 50.8 Å². The Bertz CT molecular complexity index is 362. The molecule has 1 aromatic rings. The molecule has 1 unspecified atom stereocenters. The SMILES string of the molecule is CNC(c1c(Br)nnn1C)C1(C)CCCCC1. The molecule has 0 spiro atoms. The van der Waals surface area contributed by atoms with Crippen LogP contribution in [0.25, 0.3) is 0 Å². The largest absolute Gasteiger partial charge is 0.311 e. The summed E-state index contributed by atoms with van der Waals surface area (Å²) < 4.78 is 2.75. The fourth-order valence-electron chi connectivity index (χ4n) is 3.11. The van der Waals surface area contributed by atoms with Crippen molar-refractivity contribution in [1.29, 1.82) is 0 Å². The van der Waals surface area contributed by atoms with Gasteiger partial charge in [-0.25, -0.2) is 4.68 Å². The first-order valence-electron chi connectivity index (χ1n) is 6.31. The molecule has 1 aliphatic carbocycles.